The summed E-state index contributed by atoms with van der Waals surface area (Å²) in [4.78, 5) is 14.1. The molecule has 1 heterocycles. The van der Waals surface area contributed by atoms with Gasteiger partial charge in [-0.3, -0.25) is 0 Å². The first-order chi connectivity index (χ1) is 14.0. The second kappa shape index (κ2) is 9.37. The first-order valence-corrected chi connectivity index (χ1v) is 9.29. The zero-order valence-electron chi connectivity index (χ0n) is 16.0. The van der Waals surface area contributed by atoms with E-state index in [2.05, 4.69) is 5.32 Å². The number of morpholine rings is 1. The molecule has 2 aromatic rings. The molecule has 0 saturated carbocycles. The quantitative estimate of drug-likeness (QED) is 0.803. The molecule has 0 aliphatic carbocycles. The number of carbonyl (C=O) groups is 1. The van der Waals surface area contributed by atoms with Gasteiger partial charge in [-0.1, -0.05) is 12.1 Å². The van der Waals surface area contributed by atoms with Gasteiger partial charge in [0.1, 0.15) is 11.8 Å². The van der Waals surface area contributed by atoms with Crippen LogP contribution >= 0.6 is 0 Å². The van der Waals surface area contributed by atoms with Crippen LogP contribution in [0.2, 0.25) is 0 Å². The summed E-state index contributed by atoms with van der Waals surface area (Å²) < 4.78 is 25.7. The van der Waals surface area contributed by atoms with Crippen LogP contribution in [0.1, 0.15) is 18.9 Å². The first kappa shape index (κ1) is 20.6. The summed E-state index contributed by atoms with van der Waals surface area (Å²) in [6.07, 6.45) is 0.0554. The molecule has 1 aliphatic rings. The van der Waals surface area contributed by atoms with Crippen LogP contribution in [0.25, 0.3) is 0 Å². The fourth-order valence-electron chi connectivity index (χ4n) is 3.14. The number of nitrogens with one attached hydrogen (secondary N) is 1. The lowest BCUT2D eigenvalue weighted by atomic mass is 10.2. The van der Waals surface area contributed by atoms with Crippen LogP contribution in [0.3, 0.4) is 0 Å². The highest BCUT2D eigenvalue weighted by Gasteiger charge is 2.28. The number of hydrogen-bond acceptors (Lipinski definition) is 5. The maximum absolute atomic E-state index is 14.5. The number of benzene rings is 2. The lowest BCUT2D eigenvalue weighted by Crippen LogP contribution is -2.50. The van der Waals surface area contributed by atoms with Crippen LogP contribution in [-0.2, 0) is 4.74 Å². The van der Waals surface area contributed by atoms with E-state index in [9.17, 15) is 9.18 Å². The SMILES string of the molecule is CC1CN(C(=O)Nc2ccc(Oc3ccccc3C#N)c(F)c2)CC(CCO)O1. The molecule has 0 radical (unpaired) electrons. The summed E-state index contributed by atoms with van der Waals surface area (Å²) in [5.41, 5.74) is 0.578. The van der Waals surface area contributed by atoms with Crippen LogP contribution < -0.4 is 10.1 Å². The number of amides is 2. The number of urea groups is 1. The van der Waals surface area contributed by atoms with E-state index in [1.165, 1.54) is 12.1 Å². The predicted octanol–water partition coefficient (Wildman–Crippen LogP) is 3.49. The maximum Gasteiger partial charge on any atom is 0.322 e. The molecular formula is C21H22FN3O4. The zero-order chi connectivity index (χ0) is 20.8. The molecule has 3 rings (SSSR count). The molecule has 2 unspecified atom stereocenters. The third-order valence-electron chi connectivity index (χ3n) is 4.48. The smallest absolute Gasteiger partial charge is 0.322 e. The van der Waals surface area contributed by atoms with Crippen molar-refractivity contribution in [2.75, 3.05) is 25.0 Å². The van der Waals surface area contributed by atoms with Crippen molar-refractivity contribution in [1.29, 1.82) is 5.26 Å². The van der Waals surface area contributed by atoms with E-state index in [4.69, 9.17) is 19.8 Å². The lowest BCUT2D eigenvalue weighted by Gasteiger charge is -2.36. The summed E-state index contributed by atoms with van der Waals surface area (Å²) in [6.45, 7) is 2.59. The Kier molecular flexibility index (Phi) is 6.65. The van der Waals surface area contributed by atoms with Crippen molar-refractivity contribution in [3.05, 3.63) is 53.8 Å². The maximum atomic E-state index is 14.5. The van der Waals surface area contributed by atoms with Gasteiger partial charge >= 0.3 is 6.03 Å². The molecule has 152 valence electrons. The molecule has 1 saturated heterocycles. The number of rotatable bonds is 5. The minimum absolute atomic E-state index is 0.0194. The summed E-state index contributed by atoms with van der Waals surface area (Å²) in [5, 5.41) is 20.9. The Morgan fingerprint density at radius 3 is 2.86 bits per heavy atom. The lowest BCUT2D eigenvalue weighted by molar-refractivity contribution is -0.0700. The van der Waals surface area contributed by atoms with Gasteiger partial charge in [0.15, 0.2) is 11.6 Å². The third kappa shape index (κ3) is 5.22. The molecule has 0 spiro atoms. The Morgan fingerprint density at radius 1 is 1.34 bits per heavy atom. The normalized spacial score (nSPS) is 18.8. The standard InChI is InChI=1S/C21H22FN3O4/c1-14-12-25(13-17(28-14)8-9-26)21(27)24-16-6-7-20(18(22)10-16)29-19-5-3-2-4-15(19)11-23/h2-7,10,14,17,26H,8-9,12-13H2,1H3,(H,24,27). The molecule has 8 heteroatoms. The number of aliphatic hydroxyl groups excluding tert-OH is 1. The van der Waals surface area contributed by atoms with E-state index in [1.54, 1.807) is 29.2 Å². The van der Waals surface area contributed by atoms with Gasteiger partial charge in [0.05, 0.1) is 17.8 Å². The Labute approximate surface area is 168 Å². The highest BCUT2D eigenvalue weighted by molar-refractivity contribution is 5.89. The molecule has 7 nitrogen and oxygen atoms in total. The third-order valence-corrected chi connectivity index (χ3v) is 4.48. The molecular weight excluding hydrogens is 377 g/mol. The second-order valence-corrected chi connectivity index (χ2v) is 6.77. The van der Waals surface area contributed by atoms with Crippen molar-refractivity contribution >= 4 is 11.7 Å². The molecule has 2 atom stereocenters. The highest BCUT2D eigenvalue weighted by atomic mass is 19.1. The number of ether oxygens (including phenoxy) is 2. The van der Waals surface area contributed by atoms with Gasteiger partial charge in [0.2, 0.25) is 0 Å². The van der Waals surface area contributed by atoms with Crippen molar-refractivity contribution in [3.63, 3.8) is 0 Å². The molecule has 2 aromatic carbocycles. The summed E-state index contributed by atoms with van der Waals surface area (Å²) in [5.74, 6) is -0.458. The van der Waals surface area contributed by atoms with Gasteiger partial charge in [-0.25, -0.2) is 9.18 Å². The van der Waals surface area contributed by atoms with Crippen molar-refractivity contribution in [1.82, 2.24) is 4.90 Å². The van der Waals surface area contributed by atoms with E-state index in [-0.39, 0.29) is 42.0 Å². The van der Waals surface area contributed by atoms with Crippen molar-refractivity contribution in [3.8, 4) is 17.6 Å². The van der Waals surface area contributed by atoms with Gasteiger partial charge in [0, 0.05) is 31.5 Å². The highest BCUT2D eigenvalue weighted by Crippen LogP contribution is 2.29. The fraction of sp³-hybridized carbons (Fsp3) is 0.333. The van der Waals surface area contributed by atoms with E-state index < -0.39 is 5.82 Å². The van der Waals surface area contributed by atoms with Crippen LogP contribution in [0.15, 0.2) is 42.5 Å². The Morgan fingerprint density at radius 2 is 2.14 bits per heavy atom. The van der Waals surface area contributed by atoms with Crippen LogP contribution in [0.4, 0.5) is 14.9 Å². The summed E-state index contributed by atoms with van der Waals surface area (Å²) in [6, 6.07) is 12.3. The van der Waals surface area contributed by atoms with Crippen molar-refractivity contribution < 1.29 is 23.8 Å². The minimum Gasteiger partial charge on any atom is -0.453 e. The monoisotopic (exact) mass is 399 g/mol. The molecule has 1 aliphatic heterocycles. The molecule has 29 heavy (non-hydrogen) atoms. The van der Waals surface area contributed by atoms with Gasteiger partial charge in [0.25, 0.3) is 0 Å². The van der Waals surface area contributed by atoms with Crippen LogP contribution in [-0.4, -0.2) is 47.9 Å². The predicted molar refractivity (Wildman–Crippen MR) is 104 cm³/mol. The van der Waals surface area contributed by atoms with Gasteiger partial charge in [-0.2, -0.15) is 5.26 Å². The van der Waals surface area contributed by atoms with Crippen molar-refractivity contribution in [2.24, 2.45) is 0 Å². The van der Waals surface area contributed by atoms with E-state index in [0.29, 0.717) is 25.1 Å². The summed E-state index contributed by atoms with van der Waals surface area (Å²) in [7, 11) is 0. The average molecular weight is 399 g/mol. The zero-order valence-corrected chi connectivity index (χ0v) is 16.0. The minimum atomic E-state index is -0.663. The molecule has 1 fully saturated rings. The topological polar surface area (TPSA) is 94.8 Å². The number of anilines is 1. The summed E-state index contributed by atoms with van der Waals surface area (Å²) >= 11 is 0. The Hall–Kier alpha value is -3.15. The molecule has 0 aromatic heterocycles. The molecule has 2 N–H and O–H groups in total. The van der Waals surface area contributed by atoms with Gasteiger partial charge in [-0.15, -0.1) is 0 Å². The number of nitriles is 1. The fourth-order valence-corrected chi connectivity index (χ4v) is 3.14. The number of nitrogens with zero attached hydrogens (tertiary/aromatic N) is 2. The molecule has 2 amide bonds. The van der Waals surface area contributed by atoms with Crippen LogP contribution in [0, 0.1) is 17.1 Å². The number of halogens is 1. The number of carbonyl (C=O) groups excluding carboxylic acids is 1. The van der Waals surface area contributed by atoms with E-state index in [0.717, 1.165) is 6.07 Å². The average Bonchev–Trinajstić information content (AvgIpc) is 2.70. The van der Waals surface area contributed by atoms with E-state index >= 15 is 0 Å². The first-order valence-electron chi connectivity index (χ1n) is 9.29. The van der Waals surface area contributed by atoms with Crippen LogP contribution in [0.5, 0.6) is 11.5 Å². The number of para-hydroxylation sites is 1. The number of aliphatic hydroxyl groups is 1. The number of hydrogen-bond donors (Lipinski definition) is 2. The van der Waals surface area contributed by atoms with Crippen molar-refractivity contribution in [2.45, 2.75) is 25.6 Å². The largest absolute Gasteiger partial charge is 0.453 e. The Balaban J connectivity index is 1.67. The van der Waals surface area contributed by atoms with Gasteiger partial charge in [-0.05, 0) is 37.6 Å². The van der Waals surface area contributed by atoms with E-state index in [1.807, 2.05) is 13.0 Å². The van der Waals surface area contributed by atoms with Gasteiger partial charge < -0.3 is 24.8 Å². The Bertz CT molecular complexity index is 915. The molecule has 0 bridgehead atoms. The second-order valence-electron chi connectivity index (χ2n) is 6.77.